The van der Waals surface area contributed by atoms with E-state index in [2.05, 4.69) is 36.7 Å². The predicted octanol–water partition coefficient (Wildman–Crippen LogP) is 3.07. The van der Waals surface area contributed by atoms with Crippen LogP contribution < -0.4 is 21.6 Å². The number of aliphatic hydroxyl groups excluding tert-OH is 1. The van der Waals surface area contributed by atoms with Gasteiger partial charge in [-0.1, -0.05) is 97.4 Å². The summed E-state index contributed by atoms with van der Waals surface area (Å²) in [7, 11) is -2.93. The van der Waals surface area contributed by atoms with Crippen molar-refractivity contribution in [3.05, 3.63) is 93.3 Å². The Kier molecular flexibility index (Phi) is 8.01. The molecule has 1 aromatic heterocycles. The number of hydrogen-bond acceptors (Lipinski definition) is 5. The van der Waals surface area contributed by atoms with E-state index in [0.717, 1.165) is 21.1 Å². The molecule has 2 aromatic carbocycles. The van der Waals surface area contributed by atoms with Crippen LogP contribution in [-0.2, 0) is 9.16 Å². The van der Waals surface area contributed by atoms with Gasteiger partial charge in [0.2, 0.25) is 0 Å². The van der Waals surface area contributed by atoms with E-state index in [-0.39, 0.29) is 11.6 Å². The molecule has 0 spiro atoms. The standard InChI is InChI=1S/C26H29BrF2N2O5Si/c1-26(2,3)37(16-10-6-4-7-11-16,17-12-8-5-9-13-17)35-15-19-21(32)20(27)24(36-19)31-14-18(22(28)29)23(33)30-25(31)34/h4-14,19-22,24,32H,15H2,1-3H3,(H,30,33,34)/t19-,20?,21?,24-/m0/s1. The molecule has 37 heavy (non-hydrogen) atoms. The lowest BCUT2D eigenvalue weighted by atomic mass is 10.2. The fraction of sp³-hybridized carbons (Fsp3) is 0.385. The Morgan fingerprint density at radius 3 is 2.11 bits per heavy atom. The molecule has 2 N–H and O–H groups in total. The molecular weight excluding hydrogens is 566 g/mol. The first-order chi connectivity index (χ1) is 17.5. The van der Waals surface area contributed by atoms with Crippen molar-refractivity contribution in [2.24, 2.45) is 0 Å². The van der Waals surface area contributed by atoms with Gasteiger partial charge in [0.15, 0.2) is 6.23 Å². The van der Waals surface area contributed by atoms with Gasteiger partial charge < -0.3 is 14.3 Å². The zero-order valence-electron chi connectivity index (χ0n) is 20.6. The summed E-state index contributed by atoms with van der Waals surface area (Å²) in [6.07, 6.45) is -5.42. The van der Waals surface area contributed by atoms with Crippen LogP contribution >= 0.6 is 15.9 Å². The minimum Gasteiger partial charge on any atom is -0.405 e. The number of ether oxygens (including phenoxy) is 1. The van der Waals surface area contributed by atoms with Crippen LogP contribution in [0.4, 0.5) is 8.78 Å². The lowest BCUT2D eigenvalue weighted by molar-refractivity contribution is -0.0427. The number of nitrogens with zero attached hydrogens (tertiary/aromatic N) is 1. The molecule has 0 amide bonds. The molecule has 0 bridgehead atoms. The van der Waals surface area contributed by atoms with Gasteiger partial charge in [0.25, 0.3) is 20.3 Å². The molecule has 198 valence electrons. The highest BCUT2D eigenvalue weighted by Crippen LogP contribution is 2.39. The summed E-state index contributed by atoms with van der Waals surface area (Å²) in [5.74, 6) is 0. The maximum Gasteiger partial charge on any atom is 0.330 e. The normalized spacial score (nSPS) is 22.5. The second-order valence-electron chi connectivity index (χ2n) is 10.0. The van der Waals surface area contributed by atoms with Gasteiger partial charge in [0.05, 0.1) is 23.1 Å². The first kappa shape index (κ1) is 27.6. The van der Waals surface area contributed by atoms with Crippen LogP contribution in [0.15, 0.2) is 76.4 Å². The molecule has 4 atom stereocenters. The van der Waals surface area contributed by atoms with Crippen molar-refractivity contribution in [3.63, 3.8) is 0 Å². The molecule has 0 saturated carbocycles. The van der Waals surface area contributed by atoms with Gasteiger partial charge in [0.1, 0.15) is 6.10 Å². The zero-order valence-corrected chi connectivity index (χ0v) is 23.2. The molecule has 3 aromatic rings. The molecule has 1 aliphatic rings. The van der Waals surface area contributed by atoms with Crippen molar-refractivity contribution >= 4 is 34.6 Å². The number of aromatic amines is 1. The van der Waals surface area contributed by atoms with E-state index >= 15 is 0 Å². The maximum absolute atomic E-state index is 13.3. The smallest absolute Gasteiger partial charge is 0.330 e. The van der Waals surface area contributed by atoms with Gasteiger partial charge in [-0.25, -0.2) is 13.6 Å². The highest BCUT2D eigenvalue weighted by atomic mass is 79.9. The maximum atomic E-state index is 13.3. The molecule has 11 heteroatoms. The summed E-state index contributed by atoms with van der Waals surface area (Å²) in [6.45, 7) is 6.35. The van der Waals surface area contributed by atoms with Crippen LogP contribution in [-0.4, -0.2) is 46.6 Å². The van der Waals surface area contributed by atoms with Crippen molar-refractivity contribution in [3.8, 4) is 0 Å². The predicted molar refractivity (Wildman–Crippen MR) is 142 cm³/mol. The second kappa shape index (κ2) is 10.7. The molecule has 0 radical (unpaired) electrons. The number of rotatable bonds is 7. The first-order valence-electron chi connectivity index (χ1n) is 11.8. The van der Waals surface area contributed by atoms with Gasteiger partial charge in [0, 0.05) is 6.20 Å². The Labute approximate surface area is 222 Å². The lowest BCUT2D eigenvalue weighted by Crippen LogP contribution is -2.67. The Morgan fingerprint density at radius 2 is 1.62 bits per heavy atom. The number of nitrogens with one attached hydrogen (secondary N) is 1. The van der Waals surface area contributed by atoms with E-state index in [9.17, 15) is 23.5 Å². The molecule has 1 fully saturated rings. The van der Waals surface area contributed by atoms with Gasteiger partial charge >= 0.3 is 5.69 Å². The van der Waals surface area contributed by atoms with Crippen molar-refractivity contribution in [1.82, 2.24) is 9.55 Å². The minimum atomic E-state index is -3.08. The number of benzene rings is 2. The summed E-state index contributed by atoms with van der Waals surface area (Å²) in [6, 6.07) is 19.9. The largest absolute Gasteiger partial charge is 0.405 e. The van der Waals surface area contributed by atoms with E-state index in [0.29, 0.717) is 0 Å². The van der Waals surface area contributed by atoms with Gasteiger partial charge in [-0.15, -0.1) is 0 Å². The van der Waals surface area contributed by atoms with Gasteiger partial charge in [-0.3, -0.25) is 14.3 Å². The number of hydrogen-bond donors (Lipinski definition) is 2. The van der Waals surface area contributed by atoms with E-state index in [1.165, 1.54) is 0 Å². The molecule has 4 rings (SSSR count). The summed E-state index contributed by atoms with van der Waals surface area (Å²) >= 11 is 3.35. The molecule has 1 aliphatic heterocycles. The summed E-state index contributed by atoms with van der Waals surface area (Å²) in [5, 5.41) is 12.8. The topological polar surface area (TPSA) is 93.5 Å². The van der Waals surface area contributed by atoms with Crippen LogP contribution in [0.25, 0.3) is 0 Å². The molecular formula is C26H29BrF2N2O5Si. The van der Waals surface area contributed by atoms with E-state index in [1.54, 1.807) is 0 Å². The SMILES string of the molecule is CC(C)(C)[Si](OC[C@@H]1O[C@H](n2cc(C(F)F)c(=O)[nH]c2=O)C(Br)C1O)(c1ccccc1)c1ccccc1. The Hall–Kier alpha value is -2.44. The fourth-order valence-electron chi connectivity index (χ4n) is 4.88. The zero-order chi connectivity index (χ0) is 27.0. The summed E-state index contributed by atoms with van der Waals surface area (Å²) < 4.78 is 40.3. The molecule has 2 heterocycles. The third kappa shape index (κ3) is 5.15. The summed E-state index contributed by atoms with van der Waals surface area (Å²) in [4.78, 5) is 25.3. The van der Waals surface area contributed by atoms with E-state index in [4.69, 9.17) is 9.16 Å². The van der Waals surface area contributed by atoms with Crippen LogP contribution in [0.2, 0.25) is 5.04 Å². The van der Waals surface area contributed by atoms with Crippen molar-refractivity contribution in [2.75, 3.05) is 6.61 Å². The Morgan fingerprint density at radius 1 is 1.08 bits per heavy atom. The van der Waals surface area contributed by atoms with Crippen LogP contribution in [0.3, 0.4) is 0 Å². The van der Waals surface area contributed by atoms with Gasteiger partial charge in [-0.2, -0.15) is 0 Å². The number of halogens is 3. The average molecular weight is 596 g/mol. The first-order valence-corrected chi connectivity index (χ1v) is 14.7. The van der Waals surface area contributed by atoms with Gasteiger partial charge in [-0.05, 0) is 15.4 Å². The fourth-order valence-corrected chi connectivity index (χ4v) is 10.2. The highest BCUT2D eigenvalue weighted by Gasteiger charge is 2.52. The van der Waals surface area contributed by atoms with Crippen molar-refractivity contribution < 1.29 is 23.1 Å². The van der Waals surface area contributed by atoms with Crippen molar-refractivity contribution in [1.29, 1.82) is 0 Å². The summed E-state index contributed by atoms with van der Waals surface area (Å²) in [5.41, 5.74) is -2.93. The van der Waals surface area contributed by atoms with Crippen molar-refractivity contribution in [2.45, 2.75) is 55.5 Å². The minimum absolute atomic E-state index is 0.00709. The molecule has 0 aliphatic carbocycles. The Bertz CT molecular complexity index is 1290. The quantitative estimate of drug-likeness (QED) is 0.324. The molecule has 2 unspecified atom stereocenters. The monoisotopic (exact) mass is 594 g/mol. The highest BCUT2D eigenvalue weighted by molar-refractivity contribution is 9.09. The van der Waals surface area contributed by atoms with Crippen LogP contribution in [0, 0.1) is 0 Å². The van der Waals surface area contributed by atoms with Crippen LogP contribution in [0.1, 0.15) is 39.0 Å². The molecule has 7 nitrogen and oxygen atoms in total. The van der Waals surface area contributed by atoms with E-state index in [1.807, 2.05) is 65.6 Å². The van der Waals surface area contributed by atoms with E-state index < -0.39 is 54.8 Å². The Balaban J connectivity index is 1.69. The van der Waals surface area contributed by atoms with Crippen LogP contribution in [0.5, 0.6) is 0 Å². The molecule has 1 saturated heterocycles. The number of aromatic nitrogens is 2. The third-order valence-corrected chi connectivity index (χ3v) is 12.7. The third-order valence-electron chi connectivity index (χ3n) is 6.68. The number of H-pyrrole nitrogens is 1. The lowest BCUT2D eigenvalue weighted by Gasteiger charge is -2.43. The number of aliphatic hydroxyl groups is 1. The second-order valence-corrected chi connectivity index (χ2v) is 15.4. The number of alkyl halides is 3. The average Bonchev–Trinajstić information content (AvgIpc) is 3.13.